The Morgan fingerprint density at radius 1 is 0.388 bits per heavy atom. The van der Waals surface area contributed by atoms with Gasteiger partial charge in [-0.1, -0.05) is 296 Å². The SMILES string of the molecule is CCCCCCCCCCCCCCCCCCCCCCCCCCCCCCCCCCCCCC(=O)OC(COC(=O)CCCCCCCCCCCCC)COP(=O)(O)OCCN. The van der Waals surface area contributed by atoms with Crippen LogP contribution in [0.1, 0.15) is 322 Å². The molecule has 0 radical (unpaired) electrons. The minimum Gasteiger partial charge on any atom is -0.462 e. The third kappa shape index (κ3) is 54.2. The quantitative estimate of drug-likeness (QED) is 0.0347. The van der Waals surface area contributed by atoms with Crippen LogP contribution in [-0.2, 0) is 32.7 Å². The third-order valence-electron chi connectivity index (χ3n) is 13.5. The predicted molar refractivity (Wildman–Crippen MR) is 285 cm³/mol. The van der Waals surface area contributed by atoms with E-state index < -0.39 is 26.5 Å². The first-order valence-electron chi connectivity index (χ1n) is 29.5. The second kappa shape index (κ2) is 54.3. The van der Waals surface area contributed by atoms with E-state index in [2.05, 4.69) is 13.8 Å². The Labute approximate surface area is 416 Å². The summed E-state index contributed by atoms with van der Waals surface area (Å²) in [5.41, 5.74) is 5.37. The van der Waals surface area contributed by atoms with Crippen molar-refractivity contribution in [2.24, 2.45) is 5.73 Å². The van der Waals surface area contributed by atoms with Crippen molar-refractivity contribution in [3.8, 4) is 0 Å². The average molecular weight is 973 g/mol. The van der Waals surface area contributed by atoms with Crippen LogP contribution in [0.5, 0.6) is 0 Å². The molecule has 0 heterocycles. The Bertz CT molecular complexity index is 1060. The van der Waals surface area contributed by atoms with Crippen LogP contribution in [0.3, 0.4) is 0 Å². The first kappa shape index (κ1) is 66.0. The van der Waals surface area contributed by atoms with Crippen LogP contribution < -0.4 is 5.73 Å². The smallest absolute Gasteiger partial charge is 0.462 e. The van der Waals surface area contributed by atoms with E-state index in [1.165, 1.54) is 257 Å². The standard InChI is InChI=1S/C57H114NO8P/c1-3-5-7-9-11-13-15-16-17-18-19-20-21-22-23-24-25-26-27-28-29-30-31-32-33-34-35-36-37-38-40-42-44-46-48-50-57(60)66-55(54-65-67(61,62)64-52-51-58)53-63-56(59)49-47-45-43-41-39-14-12-10-8-6-4-2/h55H,3-54,58H2,1-2H3,(H,61,62). The van der Waals surface area contributed by atoms with Gasteiger partial charge in [-0.25, -0.2) is 4.57 Å². The number of phosphoric ester groups is 1. The van der Waals surface area contributed by atoms with E-state index in [0.29, 0.717) is 6.42 Å². The third-order valence-corrected chi connectivity index (χ3v) is 14.5. The van der Waals surface area contributed by atoms with E-state index in [9.17, 15) is 19.0 Å². The Morgan fingerprint density at radius 2 is 0.642 bits per heavy atom. The van der Waals surface area contributed by atoms with E-state index in [0.717, 1.165) is 32.1 Å². The number of hydrogen-bond donors (Lipinski definition) is 2. The lowest BCUT2D eigenvalue weighted by Crippen LogP contribution is -2.29. The molecular weight excluding hydrogens is 858 g/mol. The molecule has 0 aromatic heterocycles. The molecule has 9 nitrogen and oxygen atoms in total. The molecule has 0 spiro atoms. The Hall–Kier alpha value is -0.990. The summed E-state index contributed by atoms with van der Waals surface area (Å²) < 4.78 is 32.9. The fourth-order valence-electron chi connectivity index (χ4n) is 9.11. The molecular formula is C57H114NO8P. The van der Waals surface area contributed by atoms with Gasteiger partial charge >= 0.3 is 19.8 Å². The van der Waals surface area contributed by atoms with Crippen LogP contribution >= 0.6 is 7.82 Å². The highest BCUT2D eigenvalue weighted by atomic mass is 31.2. The van der Waals surface area contributed by atoms with Gasteiger partial charge < -0.3 is 20.1 Å². The van der Waals surface area contributed by atoms with Crippen molar-refractivity contribution in [1.82, 2.24) is 0 Å². The summed E-state index contributed by atoms with van der Waals surface area (Å²) in [5, 5.41) is 0. The van der Waals surface area contributed by atoms with Crippen LogP contribution in [0.2, 0.25) is 0 Å². The molecule has 0 fully saturated rings. The molecule has 0 aliphatic rings. The van der Waals surface area contributed by atoms with E-state index in [1.807, 2.05) is 0 Å². The molecule has 0 aliphatic carbocycles. The van der Waals surface area contributed by atoms with Crippen LogP contribution in [0, 0.1) is 0 Å². The molecule has 10 heteroatoms. The lowest BCUT2D eigenvalue weighted by Gasteiger charge is -2.19. The maximum Gasteiger partial charge on any atom is 0.472 e. The first-order valence-corrected chi connectivity index (χ1v) is 31.0. The minimum atomic E-state index is -4.37. The highest BCUT2D eigenvalue weighted by Crippen LogP contribution is 2.43. The maximum absolute atomic E-state index is 12.7. The van der Waals surface area contributed by atoms with Gasteiger partial charge in [0.15, 0.2) is 6.10 Å². The molecule has 400 valence electrons. The molecule has 0 aromatic rings. The maximum atomic E-state index is 12.7. The number of hydrogen-bond acceptors (Lipinski definition) is 8. The summed E-state index contributed by atoms with van der Waals surface area (Å²) in [7, 11) is -4.37. The molecule has 0 rings (SSSR count). The zero-order valence-corrected chi connectivity index (χ0v) is 45.6. The number of rotatable bonds is 57. The number of carbonyl (C=O) groups excluding carboxylic acids is 2. The van der Waals surface area contributed by atoms with Crippen molar-refractivity contribution >= 4 is 19.8 Å². The summed E-state index contributed by atoms with van der Waals surface area (Å²) in [6.45, 7) is 3.79. The zero-order chi connectivity index (χ0) is 48.8. The fourth-order valence-corrected chi connectivity index (χ4v) is 9.88. The van der Waals surface area contributed by atoms with Gasteiger partial charge in [0.25, 0.3) is 0 Å². The normalized spacial score (nSPS) is 13.0. The van der Waals surface area contributed by atoms with E-state index in [1.54, 1.807) is 0 Å². The van der Waals surface area contributed by atoms with Crippen molar-refractivity contribution in [3.05, 3.63) is 0 Å². The second-order valence-corrected chi connectivity index (χ2v) is 21.7. The van der Waals surface area contributed by atoms with Crippen LogP contribution in [0.4, 0.5) is 0 Å². The van der Waals surface area contributed by atoms with Crippen molar-refractivity contribution < 1.29 is 37.6 Å². The molecule has 0 bridgehead atoms. The summed E-state index contributed by atoms with van der Waals surface area (Å²) in [5.74, 6) is -0.808. The van der Waals surface area contributed by atoms with Gasteiger partial charge in [-0.15, -0.1) is 0 Å². The van der Waals surface area contributed by atoms with Crippen molar-refractivity contribution in [2.75, 3.05) is 26.4 Å². The molecule has 2 atom stereocenters. The Kier molecular flexibility index (Phi) is 53.5. The molecule has 67 heavy (non-hydrogen) atoms. The molecule has 0 saturated carbocycles. The summed E-state index contributed by atoms with van der Waals surface area (Å²) in [4.78, 5) is 35.0. The predicted octanol–water partition coefficient (Wildman–Crippen LogP) is 18.3. The lowest BCUT2D eigenvalue weighted by molar-refractivity contribution is -0.161. The number of unbranched alkanes of at least 4 members (excludes halogenated alkanes) is 44. The zero-order valence-electron chi connectivity index (χ0n) is 44.7. The van der Waals surface area contributed by atoms with Gasteiger partial charge in [-0.3, -0.25) is 18.6 Å². The first-order chi connectivity index (χ1) is 32.8. The highest BCUT2D eigenvalue weighted by Gasteiger charge is 2.26. The van der Waals surface area contributed by atoms with Crippen molar-refractivity contribution in [2.45, 2.75) is 328 Å². The van der Waals surface area contributed by atoms with Gasteiger partial charge in [0, 0.05) is 19.4 Å². The molecule has 0 saturated heterocycles. The Balaban J connectivity index is 3.72. The van der Waals surface area contributed by atoms with Gasteiger partial charge in [-0.2, -0.15) is 0 Å². The van der Waals surface area contributed by atoms with Crippen LogP contribution in [0.15, 0.2) is 0 Å². The van der Waals surface area contributed by atoms with Crippen LogP contribution in [0.25, 0.3) is 0 Å². The molecule has 0 aromatic carbocycles. The number of phosphoric acid groups is 1. The van der Waals surface area contributed by atoms with Crippen LogP contribution in [-0.4, -0.2) is 49.3 Å². The second-order valence-electron chi connectivity index (χ2n) is 20.2. The average Bonchev–Trinajstić information content (AvgIpc) is 3.32. The minimum absolute atomic E-state index is 0.0583. The summed E-state index contributed by atoms with van der Waals surface area (Å²) >= 11 is 0. The monoisotopic (exact) mass is 972 g/mol. The van der Waals surface area contributed by atoms with Gasteiger partial charge in [-0.05, 0) is 12.8 Å². The highest BCUT2D eigenvalue weighted by molar-refractivity contribution is 7.47. The van der Waals surface area contributed by atoms with Gasteiger partial charge in [0.05, 0.1) is 13.2 Å². The van der Waals surface area contributed by atoms with Crippen molar-refractivity contribution in [3.63, 3.8) is 0 Å². The van der Waals surface area contributed by atoms with E-state index in [-0.39, 0.29) is 38.6 Å². The fraction of sp³-hybridized carbons (Fsp3) is 0.965. The molecule has 0 aliphatic heterocycles. The Morgan fingerprint density at radius 3 is 0.910 bits per heavy atom. The number of carbonyl (C=O) groups is 2. The molecule has 0 amide bonds. The number of nitrogens with two attached hydrogens (primary N) is 1. The van der Waals surface area contributed by atoms with Crippen molar-refractivity contribution in [1.29, 1.82) is 0 Å². The van der Waals surface area contributed by atoms with E-state index in [4.69, 9.17) is 24.3 Å². The lowest BCUT2D eigenvalue weighted by atomic mass is 10.0. The molecule has 3 N–H and O–H groups in total. The number of ether oxygens (including phenoxy) is 2. The summed E-state index contributed by atoms with van der Waals surface area (Å²) in [6.07, 6.45) is 60.6. The number of esters is 2. The summed E-state index contributed by atoms with van der Waals surface area (Å²) in [6, 6.07) is 0. The largest absolute Gasteiger partial charge is 0.472 e. The van der Waals surface area contributed by atoms with Gasteiger partial charge in [0.2, 0.25) is 0 Å². The molecule has 2 unspecified atom stereocenters. The topological polar surface area (TPSA) is 134 Å². The van der Waals surface area contributed by atoms with Gasteiger partial charge in [0.1, 0.15) is 6.61 Å². The van der Waals surface area contributed by atoms with E-state index >= 15 is 0 Å².